The van der Waals surface area contributed by atoms with E-state index in [1.807, 2.05) is 13.8 Å². The average Bonchev–Trinajstić information content (AvgIpc) is 2.27. The fourth-order valence-electron chi connectivity index (χ4n) is 1.64. The number of hydrogen-bond donors (Lipinski definition) is 2. The van der Waals surface area contributed by atoms with Gasteiger partial charge in [0.2, 0.25) is 0 Å². The molecule has 0 aliphatic carbocycles. The van der Waals surface area contributed by atoms with Gasteiger partial charge in [-0.15, -0.1) is 0 Å². The Morgan fingerprint density at radius 1 is 1.56 bits per heavy atom. The largest absolute Gasteiger partial charge is 0.480 e. The molecule has 0 radical (unpaired) electrons. The number of anilines is 1. The maximum absolute atomic E-state index is 13.4. The van der Waals surface area contributed by atoms with Gasteiger partial charge in [-0.05, 0) is 24.5 Å². The van der Waals surface area contributed by atoms with Crippen LogP contribution in [-0.4, -0.2) is 17.1 Å². The van der Waals surface area contributed by atoms with Gasteiger partial charge in [-0.3, -0.25) is 0 Å². The molecule has 2 N–H and O–H groups in total. The number of nitrogens with one attached hydrogen (secondary N) is 1. The van der Waals surface area contributed by atoms with Gasteiger partial charge in [-0.2, -0.15) is 5.26 Å². The fourth-order valence-corrected chi connectivity index (χ4v) is 1.64. The van der Waals surface area contributed by atoms with Crippen molar-refractivity contribution in [3.05, 3.63) is 29.6 Å². The zero-order valence-electron chi connectivity index (χ0n) is 10.3. The van der Waals surface area contributed by atoms with E-state index in [2.05, 4.69) is 5.32 Å². The van der Waals surface area contributed by atoms with Gasteiger partial charge in [0.15, 0.2) is 0 Å². The molecule has 1 atom stereocenters. The minimum Gasteiger partial charge on any atom is -0.480 e. The number of carboxylic acids is 1. The highest BCUT2D eigenvalue weighted by atomic mass is 19.1. The lowest BCUT2D eigenvalue weighted by molar-refractivity contribution is -0.138. The summed E-state index contributed by atoms with van der Waals surface area (Å²) in [4.78, 5) is 11.1. The van der Waals surface area contributed by atoms with Crippen molar-refractivity contribution in [2.24, 2.45) is 5.92 Å². The number of nitriles is 1. The molecule has 0 heterocycles. The second kappa shape index (κ2) is 6.01. The van der Waals surface area contributed by atoms with Crippen molar-refractivity contribution in [3.8, 4) is 6.07 Å². The van der Waals surface area contributed by atoms with E-state index < -0.39 is 17.8 Å². The second-order valence-corrected chi connectivity index (χ2v) is 4.44. The topological polar surface area (TPSA) is 73.1 Å². The Labute approximate surface area is 105 Å². The third-order valence-corrected chi connectivity index (χ3v) is 2.46. The molecule has 0 saturated heterocycles. The number of hydrogen-bond acceptors (Lipinski definition) is 3. The summed E-state index contributed by atoms with van der Waals surface area (Å²) in [6.07, 6.45) is 0.400. The summed E-state index contributed by atoms with van der Waals surface area (Å²) in [5.74, 6) is -1.49. The summed E-state index contributed by atoms with van der Waals surface area (Å²) in [6.45, 7) is 3.79. The molecule has 1 unspecified atom stereocenters. The number of rotatable bonds is 5. The molecule has 0 fully saturated rings. The number of aliphatic carboxylic acids is 1. The quantitative estimate of drug-likeness (QED) is 0.842. The van der Waals surface area contributed by atoms with Gasteiger partial charge in [-0.1, -0.05) is 19.9 Å². The van der Waals surface area contributed by atoms with Crippen LogP contribution in [0, 0.1) is 23.1 Å². The van der Waals surface area contributed by atoms with Gasteiger partial charge in [0.1, 0.15) is 23.5 Å². The summed E-state index contributed by atoms with van der Waals surface area (Å²) in [6, 6.07) is 5.00. The maximum Gasteiger partial charge on any atom is 0.326 e. The predicted octanol–water partition coefficient (Wildman–Crippen LogP) is 2.61. The summed E-state index contributed by atoms with van der Waals surface area (Å²) >= 11 is 0. The molecule has 1 aromatic carbocycles. The molecule has 0 spiro atoms. The van der Waals surface area contributed by atoms with Crippen molar-refractivity contribution in [1.29, 1.82) is 5.26 Å². The summed E-state index contributed by atoms with van der Waals surface area (Å²) in [5, 5.41) is 20.6. The summed E-state index contributed by atoms with van der Waals surface area (Å²) in [5.41, 5.74) is 0.0538. The van der Waals surface area contributed by atoms with E-state index in [9.17, 15) is 9.18 Å². The minimum absolute atomic E-state index is 0.160. The monoisotopic (exact) mass is 250 g/mol. The highest BCUT2D eigenvalue weighted by molar-refractivity contribution is 5.78. The van der Waals surface area contributed by atoms with E-state index in [0.29, 0.717) is 6.42 Å². The van der Waals surface area contributed by atoms with Crippen molar-refractivity contribution in [2.45, 2.75) is 26.3 Å². The standard InChI is InChI=1S/C13H15FN2O2/c1-8(2)6-12(13(17)18)16-11-5-3-4-10(14)9(11)7-15/h3-5,8,12,16H,6H2,1-2H3,(H,17,18). The van der Waals surface area contributed by atoms with E-state index in [1.54, 1.807) is 6.07 Å². The van der Waals surface area contributed by atoms with Crippen LogP contribution < -0.4 is 5.32 Å². The fraction of sp³-hybridized carbons (Fsp3) is 0.385. The van der Waals surface area contributed by atoms with Gasteiger partial charge < -0.3 is 10.4 Å². The Hall–Kier alpha value is -2.09. The first kappa shape index (κ1) is 14.0. The van der Waals surface area contributed by atoms with Gasteiger partial charge in [0.25, 0.3) is 0 Å². The first-order valence-corrected chi connectivity index (χ1v) is 5.63. The SMILES string of the molecule is CC(C)CC(Nc1cccc(F)c1C#N)C(=O)O. The second-order valence-electron chi connectivity index (χ2n) is 4.44. The van der Waals surface area contributed by atoms with Crippen LogP contribution in [-0.2, 0) is 4.79 Å². The zero-order chi connectivity index (χ0) is 13.7. The van der Waals surface area contributed by atoms with E-state index in [-0.39, 0.29) is 17.2 Å². The molecule has 0 amide bonds. The Morgan fingerprint density at radius 3 is 2.72 bits per heavy atom. The highest BCUT2D eigenvalue weighted by Crippen LogP contribution is 2.20. The minimum atomic E-state index is -1.02. The molecular weight excluding hydrogens is 235 g/mol. The van der Waals surface area contributed by atoms with Gasteiger partial charge >= 0.3 is 5.97 Å². The number of benzene rings is 1. The molecule has 18 heavy (non-hydrogen) atoms. The predicted molar refractivity (Wildman–Crippen MR) is 65.6 cm³/mol. The van der Waals surface area contributed by atoms with Crippen LogP contribution in [0.3, 0.4) is 0 Å². The van der Waals surface area contributed by atoms with Crippen molar-refractivity contribution in [2.75, 3.05) is 5.32 Å². The molecule has 5 heteroatoms. The Bertz CT molecular complexity index is 480. The highest BCUT2D eigenvalue weighted by Gasteiger charge is 2.20. The Balaban J connectivity index is 2.98. The van der Waals surface area contributed by atoms with E-state index in [0.717, 1.165) is 0 Å². The van der Waals surface area contributed by atoms with Crippen LogP contribution in [0.25, 0.3) is 0 Å². The maximum atomic E-state index is 13.4. The molecule has 0 aliphatic heterocycles. The molecular formula is C13H15FN2O2. The van der Waals surface area contributed by atoms with Gasteiger partial charge in [-0.25, -0.2) is 9.18 Å². The third-order valence-electron chi connectivity index (χ3n) is 2.46. The van der Waals surface area contributed by atoms with Crippen LogP contribution in [0.2, 0.25) is 0 Å². The Morgan fingerprint density at radius 2 is 2.22 bits per heavy atom. The molecule has 0 aromatic heterocycles. The number of nitrogens with zero attached hydrogens (tertiary/aromatic N) is 1. The lowest BCUT2D eigenvalue weighted by Crippen LogP contribution is -2.31. The lowest BCUT2D eigenvalue weighted by Gasteiger charge is -2.18. The molecule has 4 nitrogen and oxygen atoms in total. The van der Waals surface area contributed by atoms with Crippen molar-refractivity contribution in [1.82, 2.24) is 0 Å². The normalized spacial score (nSPS) is 11.9. The molecule has 96 valence electrons. The van der Waals surface area contributed by atoms with Crippen LogP contribution >= 0.6 is 0 Å². The average molecular weight is 250 g/mol. The first-order valence-electron chi connectivity index (χ1n) is 5.63. The van der Waals surface area contributed by atoms with Crippen LogP contribution in [0.5, 0.6) is 0 Å². The van der Waals surface area contributed by atoms with Crippen molar-refractivity contribution in [3.63, 3.8) is 0 Å². The van der Waals surface area contributed by atoms with E-state index >= 15 is 0 Å². The first-order chi connectivity index (χ1) is 8.45. The van der Waals surface area contributed by atoms with Crippen LogP contribution in [0.4, 0.5) is 10.1 Å². The Kier molecular flexibility index (Phi) is 4.67. The number of carbonyl (C=O) groups is 1. The number of halogens is 1. The van der Waals surface area contributed by atoms with Crippen LogP contribution in [0.15, 0.2) is 18.2 Å². The summed E-state index contributed by atoms with van der Waals surface area (Å²) in [7, 11) is 0. The lowest BCUT2D eigenvalue weighted by atomic mass is 10.0. The molecule has 0 bridgehead atoms. The van der Waals surface area contributed by atoms with Gasteiger partial charge in [0, 0.05) is 0 Å². The molecule has 1 rings (SSSR count). The summed E-state index contributed by atoms with van der Waals surface area (Å²) < 4.78 is 13.4. The van der Waals surface area contributed by atoms with E-state index in [4.69, 9.17) is 10.4 Å². The molecule has 0 aliphatic rings. The smallest absolute Gasteiger partial charge is 0.326 e. The van der Waals surface area contributed by atoms with Crippen LogP contribution in [0.1, 0.15) is 25.8 Å². The zero-order valence-corrected chi connectivity index (χ0v) is 10.3. The van der Waals surface area contributed by atoms with Crippen molar-refractivity contribution < 1.29 is 14.3 Å². The third kappa shape index (κ3) is 3.45. The van der Waals surface area contributed by atoms with Crippen molar-refractivity contribution >= 4 is 11.7 Å². The molecule has 1 aromatic rings. The number of carboxylic acid groups (broad SMARTS) is 1. The molecule has 0 saturated carbocycles. The van der Waals surface area contributed by atoms with E-state index in [1.165, 1.54) is 18.2 Å². The van der Waals surface area contributed by atoms with Gasteiger partial charge in [0.05, 0.1) is 5.69 Å².